The zero-order chi connectivity index (χ0) is 23.8. The summed E-state index contributed by atoms with van der Waals surface area (Å²) in [6.07, 6.45) is 0. The van der Waals surface area contributed by atoms with E-state index in [4.69, 9.17) is 4.74 Å². The van der Waals surface area contributed by atoms with Gasteiger partial charge in [0.15, 0.2) is 6.61 Å². The molecule has 3 aromatic carbocycles. The number of rotatable bonds is 5. The number of hydrogen-bond acceptors (Lipinski definition) is 8. The van der Waals surface area contributed by atoms with E-state index in [1.165, 1.54) is 30.3 Å². The molecule has 3 amide bonds. The fourth-order valence-corrected chi connectivity index (χ4v) is 4.05. The molecule has 9 nitrogen and oxygen atoms in total. The van der Waals surface area contributed by atoms with Crippen molar-refractivity contribution in [2.24, 2.45) is 0 Å². The van der Waals surface area contributed by atoms with E-state index in [9.17, 15) is 23.6 Å². The number of carbonyl (C=O) groups excluding carboxylic acids is 4. The topological polar surface area (TPSA) is 119 Å². The van der Waals surface area contributed by atoms with E-state index < -0.39 is 36.1 Å². The first-order chi connectivity index (χ1) is 16.4. The predicted octanol–water partition coefficient (Wildman–Crippen LogP) is 3.43. The number of benzene rings is 3. The summed E-state index contributed by atoms with van der Waals surface area (Å²) >= 11 is 1.01. The largest absolute Gasteiger partial charge is 0.452 e. The van der Waals surface area contributed by atoms with E-state index in [1.54, 1.807) is 18.2 Å². The van der Waals surface area contributed by atoms with Gasteiger partial charge < -0.3 is 10.1 Å². The molecule has 0 radical (unpaired) electrons. The minimum absolute atomic E-state index is 0.000501. The molecule has 0 fully saturated rings. The number of esters is 1. The molecule has 34 heavy (non-hydrogen) atoms. The first-order valence-corrected chi connectivity index (χ1v) is 10.6. The monoisotopic (exact) mass is 476 g/mol. The number of anilines is 2. The maximum atomic E-state index is 13.2. The minimum Gasteiger partial charge on any atom is -0.452 e. The van der Waals surface area contributed by atoms with Crippen LogP contribution in [0.15, 0.2) is 60.7 Å². The summed E-state index contributed by atoms with van der Waals surface area (Å²) in [6, 6.07) is 13.9. The van der Waals surface area contributed by atoms with Crippen LogP contribution in [0, 0.1) is 5.82 Å². The molecule has 1 aliphatic heterocycles. The van der Waals surface area contributed by atoms with Crippen LogP contribution in [-0.4, -0.2) is 39.0 Å². The van der Waals surface area contributed by atoms with Crippen LogP contribution < -0.4 is 10.2 Å². The normalized spacial score (nSPS) is 12.7. The molecular formula is C23H13FN4O5S. The highest BCUT2D eigenvalue weighted by Crippen LogP contribution is 2.29. The second-order valence-electron chi connectivity index (χ2n) is 7.24. The minimum atomic E-state index is -0.841. The Morgan fingerprint density at radius 2 is 1.74 bits per heavy atom. The van der Waals surface area contributed by atoms with Crippen LogP contribution in [0.3, 0.4) is 0 Å². The highest BCUT2D eigenvalue weighted by atomic mass is 32.1. The molecule has 168 valence electrons. The highest BCUT2D eigenvalue weighted by Gasteiger charge is 2.37. The van der Waals surface area contributed by atoms with Crippen molar-refractivity contribution in [1.29, 1.82) is 0 Å². The molecule has 5 rings (SSSR count). The van der Waals surface area contributed by atoms with Crippen LogP contribution in [0.4, 0.5) is 15.8 Å². The van der Waals surface area contributed by atoms with Gasteiger partial charge in [-0.1, -0.05) is 6.07 Å². The van der Waals surface area contributed by atoms with E-state index in [1.807, 2.05) is 0 Å². The molecule has 1 aliphatic rings. The van der Waals surface area contributed by atoms with Crippen molar-refractivity contribution in [2.45, 2.75) is 0 Å². The Hall–Kier alpha value is -4.51. The van der Waals surface area contributed by atoms with Crippen molar-refractivity contribution < 1.29 is 28.3 Å². The zero-order valence-electron chi connectivity index (χ0n) is 17.1. The van der Waals surface area contributed by atoms with Crippen molar-refractivity contribution in [2.75, 3.05) is 16.8 Å². The Morgan fingerprint density at radius 1 is 0.971 bits per heavy atom. The first kappa shape index (κ1) is 21.3. The fourth-order valence-electron chi connectivity index (χ4n) is 3.50. The lowest BCUT2D eigenvalue weighted by atomic mass is 10.1. The Labute approximate surface area is 195 Å². The second kappa shape index (κ2) is 8.45. The number of ether oxygens (including phenoxy) is 1. The first-order valence-electron chi connectivity index (χ1n) is 9.89. The third-order valence-electron chi connectivity index (χ3n) is 5.10. The lowest BCUT2D eigenvalue weighted by Gasteiger charge is -2.13. The number of fused-ring (bicyclic) bond motifs is 2. The molecule has 0 bridgehead atoms. The van der Waals surface area contributed by atoms with Crippen molar-refractivity contribution in [3.8, 4) is 0 Å². The summed E-state index contributed by atoms with van der Waals surface area (Å²) in [5, 5.41) is 2.62. The van der Waals surface area contributed by atoms with Crippen molar-refractivity contribution in [3.63, 3.8) is 0 Å². The van der Waals surface area contributed by atoms with Gasteiger partial charge in [-0.3, -0.25) is 14.4 Å². The zero-order valence-corrected chi connectivity index (χ0v) is 18.0. The quantitative estimate of drug-likeness (QED) is 0.346. The van der Waals surface area contributed by atoms with E-state index in [0.29, 0.717) is 16.7 Å². The van der Waals surface area contributed by atoms with E-state index >= 15 is 0 Å². The predicted molar refractivity (Wildman–Crippen MR) is 120 cm³/mol. The van der Waals surface area contributed by atoms with Gasteiger partial charge in [0, 0.05) is 0 Å². The Balaban J connectivity index is 1.28. The van der Waals surface area contributed by atoms with Gasteiger partial charge in [0.2, 0.25) is 0 Å². The number of nitrogens with one attached hydrogen (secondary N) is 1. The molecule has 0 unspecified atom stereocenters. The second-order valence-corrected chi connectivity index (χ2v) is 7.77. The Morgan fingerprint density at radius 3 is 2.53 bits per heavy atom. The summed E-state index contributed by atoms with van der Waals surface area (Å²) in [4.78, 5) is 51.1. The molecule has 0 saturated carbocycles. The van der Waals surface area contributed by atoms with Crippen molar-refractivity contribution in [3.05, 3.63) is 83.2 Å². The van der Waals surface area contributed by atoms with Gasteiger partial charge in [-0.2, -0.15) is 8.75 Å². The number of carbonyl (C=O) groups is 4. The fraction of sp³-hybridized carbons (Fsp3) is 0.0435. The van der Waals surface area contributed by atoms with Gasteiger partial charge in [0.25, 0.3) is 17.7 Å². The SMILES string of the molecule is O=C(COC(=O)c1ccc2c(c1)C(=O)N(c1ccc(F)cc1)C2=O)Nc1cccc2nsnc12. The van der Waals surface area contributed by atoms with Gasteiger partial charge in [-0.25, -0.2) is 14.1 Å². The highest BCUT2D eigenvalue weighted by molar-refractivity contribution is 7.00. The molecule has 0 aliphatic carbocycles. The standard InChI is InChI=1S/C23H13FN4O5S/c24-13-5-7-14(8-6-13)28-21(30)15-9-4-12(10-16(15)22(28)31)23(32)33-11-19(29)25-17-2-1-3-18-20(17)27-34-26-18/h1-10H,11H2,(H,25,29). The van der Waals surface area contributed by atoms with Crippen LogP contribution in [-0.2, 0) is 9.53 Å². The average Bonchev–Trinajstić information content (AvgIpc) is 3.42. The lowest BCUT2D eigenvalue weighted by molar-refractivity contribution is -0.119. The molecule has 0 spiro atoms. The van der Waals surface area contributed by atoms with E-state index in [0.717, 1.165) is 28.8 Å². The van der Waals surface area contributed by atoms with Crippen molar-refractivity contribution in [1.82, 2.24) is 8.75 Å². The number of amides is 3. The number of hydrogen-bond donors (Lipinski definition) is 1. The number of halogens is 1. The van der Waals surface area contributed by atoms with Gasteiger partial charge in [-0.05, 0) is 54.6 Å². The third kappa shape index (κ3) is 3.77. The summed E-state index contributed by atoms with van der Waals surface area (Å²) in [5.41, 5.74) is 1.92. The van der Waals surface area contributed by atoms with Crippen LogP contribution in [0.1, 0.15) is 31.1 Å². The molecular weight excluding hydrogens is 463 g/mol. The van der Waals surface area contributed by atoms with Gasteiger partial charge in [0.1, 0.15) is 16.9 Å². The molecule has 0 atom stereocenters. The van der Waals surface area contributed by atoms with Crippen molar-refractivity contribution >= 4 is 57.8 Å². The summed E-state index contributed by atoms with van der Waals surface area (Å²) in [7, 11) is 0. The third-order valence-corrected chi connectivity index (χ3v) is 5.64. The number of imide groups is 1. The smallest absolute Gasteiger partial charge is 0.338 e. The molecule has 2 heterocycles. The van der Waals surface area contributed by atoms with Gasteiger partial charge in [-0.15, -0.1) is 0 Å². The Kier molecular flexibility index (Phi) is 5.30. The maximum Gasteiger partial charge on any atom is 0.338 e. The summed E-state index contributed by atoms with van der Waals surface area (Å²) in [5.74, 6) is -3.16. The molecule has 11 heteroatoms. The molecule has 0 saturated heterocycles. The van der Waals surface area contributed by atoms with Crippen LogP contribution in [0.2, 0.25) is 0 Å². The summed E-state index contributed by atoms with van der Waals surface area (Å²) in [6.45, 7) is -0.571. The number of nitrogens with zero attached hydrogens (tertiary/aromatic N) is 3. The molecule has 1 aromatic heterocycles. The van der Waals surface area contributed by atoms with Crippen LogP contribution in [0.5, 0.6) is 0 Å². The van der Waals surface area contributed by atoms with Gasteiger partial charge >= 0.3 is 5.97 Å². The molecule has 4 aromatic rings. The average molecular weight is 476 g/mol. The van der Waals surface area contributed by atoms with Gasteiger partial charge in [0.05, 0.1) is 39.8 Å². The maximum absolute atomic E-state index is 13.2. The Bertz CT molecular complexity index is 1480. The number of aromatic nitrogens is 2. The van der Waals surface area contributed by atoms with E-state index in [-0.39, 0.29) is 22.4 Å². The summed E-state index contributed by atoms with van der Waals surface area (Å²) < 4.78 is 26.5. The van der Waals surface area contributed by atoms with E-state index in [2.05, 4.69) is 14.1 Å². The lowest BCUT2D eigenvalue weighted by Crippen LogP contribution is -2.29. The molecule has 1 N–H and O–H groups in total. The van der Waals surface area contributed by atoms with Crippen LogP contribution >= 0.6 is 11.7 Å². The van der Waals surface area contributed by atoms with Crippen LogP contribution in [0.25, 0.3) is 11.0 Å².